The fourth-order valence-corrected chi connectivity index (χ4v) is 2.77. The largest absolute Gasteiger partial charge is 0.352 e. The van der Waals surface area contributed by atoms with Crippen molar-refractivity contribution < 1.29 is 4.79 Å². The molecule has 86 valence electrons. The lowest BCUT2D eigenvalue weighted by Crippen LogP contribution is -2.44. The molecule has 2 atom stereocenters. The van der Waals surface area contributed by atoms with Gasteiger partial charge in [-0.15, -0.1) is 0 Å². The molecule has 1 unspecified atom stereocenters. The molecule has 1 aliphatic carbocycles. The van der Waals surface area contributed by atoms with E-state index in [4.69, 9.17) is 0 Å². The van der Waals surface area contributed by atoms with E-state index in [2.05, 4.69) is 24.5 Å². The highest BCUT2D eigenvalue weighted by molar-refractivity contribution is 5.82. The Morgan fingerprint density at radius 1 is 1.40 bits per heavy atom. The Labute approximate surface area is 92.0 Å². The highest BCUT2D eigenvalue weighted by Gasteiger charge is 2.33. The Bertz CT molecular complexity index is 244. The summed E-state index contributed by atoms with van der Waals surface area (Å²) in [7, 11) is 0. The summed E-state index contributed by atoms with van der Waals surface area (Å²) < 4.78 is 0. The van der Waals surface area contributed by atoms with Crippen molar-refractivity contribution in [3.05, 3.63) is 0 Å². The van der Waals surface area contributed by atoms with E-state index >= 15 is 0 Å². The Kier molecular flexibility index (Phi) is 3.01. The molecule has 2 aliphatic rings. The van der Waals surface area contributed by atoms with Crippen molar-refractivity contribution in [2.45, 2.75) is 58.0 Å². The van der Waals surface area contributed by atoms with E-state index in [1.807, 2.05) is 0 Å². The van der Waals surface area contributed by atoms with Gasteiger partial charge in [0.25, 0.3) is 0 Å². The molecule has 1 aliphatic heterocycles. The summed E-state index contributed by atoms with van der Waals surface area (Å²) in [4.78, 5) is 11.8. The van der Waals surface area contributed by atoms with Gasteiger partial charge >= 0.3 is 0 Å². The Hall–Kier alpha value is -0.570. The summed E-state index contributed by atoms with van der Waals surface area (Å²) in [6, 6.07) is 0.489. The van der Waals surface area contributed by atoms with Gasteiger partial charge in [0.05, 0.1) is 6.04 Å². The third kappa shape index (κ3) is 2.71. The standard InChI is InChI=1S/C12H22N2O/c1-12(2)6-5-9(8-12)14-11(15)10-4-3-7-13-10/h9-10,13H,3-8H2,1-2H3,(H,14,15)/t9?,10-/m0/s1. The second kappa shape index (κ2) is 4.12. The monoisotopic (exact) mass is 210 g/mol. The van der Waals surface area contributed by atoms with Crippen LogP contribution in [0.1, 0.15) is 46.0 Å². The molecule has 2 N–H and O–H groups in total. The van der Waals surface area contributed by atoms with Crippen LogP contribution in [-0.2, 0) is 4.79 Å². The lowest BCUT2D eigenvalue weighted by atomic mass is 9.92. The summed E-state index contributed by atoms with van der Waals surface area (Å²) in [6.07, 6.45) is 5.64. The van der Waals surface area contributed by atoms with Crippen LogP contribution in [-0.4, -0.2) is 24.5 Å². The third-order valence-corrected chi connectivity index (χ3v) is 3.69. The van der Waals surface area contributed by atoms with Crippen LogP contribution in [0.3, 0.4) is 0 Å². The summed E-state index contributed by atoms with van der Waals surface area (Å²) in [5.41, 5.74) is 0.418. The minimum Gasteiger partial charge on any atom is -0.352 e. The number of rotatable bonds is 2. The second-order valence-corrected chi connectivity index (χ2v) is 5.76. The molecule has 1 saturated heterocycles. The van der Waals surface area contributed by atoms with Gasteiger partial charge in [0.2, 0.25) is 5.91 Å². The summed E-state index contributed by atoms with van der Waals surface area (Å²) in [5, 5.41) is 6.41. The van der Waals surface area contributed by atoms with Crippen LogP contribution in [0, 0.1) is 5.41 Å². The Morgan fingerprint density at radius 2 is 2.20 bits per heavy atom. The summed E-state index contributed by atoms with van der Waals surface area (Å²) in [5.74, 6) is 0.218. The van der Waals surface area contributed by atoms with Gasteiger partial charge in [0.15, 0.2) is 0 Å². The fourth-order valence-electron chi connectivity index (χ4n) is 2.77. The van der Waals surface area contributed by atoms with Crippen molar-refractivity contribution in [1.29, 1.82) is 0 Å². The molecule has 1 saturated carbocycles. The maximum absolute atomic E-state index is 11.8. The minimum atomic E-state index is 0.0775. The average Bonchev–Trinajstić information content (AvgIpc) is 2.74. The molecular formula is C12H22N2O. The highest BCUT2D eigenvalue weighted by atomic mass is 16.2. The smallest absolute Gasteiger partial charge is 0.237 e. The second-order valence-electron chi connectivity index (χ2n) is 5.76. The van der Waals surface area contributed by atoms with Crippen molar-refractivity contribution in [3.8, 4) is 0 Å². The molecular weight excluding hydrogens is 188 g/mol. The van der Waals surface area contributed by atoms with Gasteiger partial charge in [-0.25, -0.2) is 0 Å². The first-order chi connectivity index (χ1) is 7.07. The van der Waals surface area contributed by atoms with Crippen molar-refractivity contribution in [3.63, 3.8) is 0 Å². The van der Waals surface area contributed by atoms with E-state index in [-0.39, 0.29) is 11.9 Å². The zero-order valence-corrected chi connectivity index (χ0v) is 9.81. The third-order valence-electron chi connectivity index (χ3n) is 3.69. The van der Waals surface area contributed by atoms with E-state index < -0.39 is 0 Å². The average molecular weight is 210 g/mol. The zero-order valence-electron chi connectivity index (χ0n) is 9.81. The van der Waals surface area contributed by atoms with Crippen LogP contribution in [0.25, 0.3) is 0 Å². The van der Waals surface area contributed by atoms with Gasteiger partial charge in [-0.3, -0.25) is 4.79 Å². The maximum Gasteiger partial charge on any atom is 0.237 e. The number of hydrogen-bond donors (Lipinski definition) is 2. The Morgan fingerprint density at radius 3 is 2.73 bits per heavy atom. The minimum absolute atomic E-state index is 0.0775. The van der Waals surface area contributed by atoms with E-state index in [0.717, 1.165) is 32.2 Å². The molecule has 2 fully saturated rings. The molecule has 1 heterocycles. The van der Waals surface area contributed by atoms with Crippen LogP contribution in [0.15, 0.2) is 0 Å². The number of nitrogens with one attached hydrogen (secondary N) is 2. The van der Waals surface area contributed by atoms with Crippen LogP contribution in [0.4, 0.5) is 0 Å². The number of amides is 1. The van der Waals surface area contributed by atoms with E-state index in [9.17, 15) is 4.79 Å². The first kappa shape index (κ1) is 10.9. The first-order valence-electron chi connectivity index (χ1n) is 6.11. The molecule has 0 radical (unpaired) electrons. The molecule has 0 aromatic rings. The molecule has 15 heavy (non-hydrogen) atoms. The van der Waals surface area contributed by atoms with Gasteiger partial charge in [-0.2, -0.15) is 0 Å². The maximum atomic E-state index is 11.8. The van der Waals surface area contributed by atoms with E-state index in [1.54, 1.807) is 0 Å². The Balaban J connectivity index is 1.79. The van der Waals surface area contributed by atoms with E-state index in [1.165, 1.54) is 6.42 Å². The van der Waals surface area contributed by atoms with Crippen molar-refractivity contribution in [2.24, 2.45) is 5.41 Å². The van der Waals surface area contributed by atoms with Crippen molar-refractivity contribution in [1.82, 2.24) is 10.6 Å². The van der Waals surface area contributed by atoms with Crippen LogP contribution in [0.2, 0.25) is 0 Å². The topological polar surface area (TPSA) is 41.1 Å². The fraction of sp³-hybridized carbons (Fsp3) is 0.917. The van der Waals surface area contributed by atoms with Gasteiger partial charge in [-0.1, -0.05) is 13.8 Å². The van der Waals surface area contributed by atoms with Crippen molar-refractivity contribution >= 4 is 5.91 Å². The lowest BCUT2D eigenvalue weighted by molar-refractivity contribution is -0.123. The molecule has 3 heteroatoms. The van der Waals surface area contributed by atoms with Crippen molar-refractivity contribution in [2.75, 3.05) is 6.54 Å². The van der Waals surface area contributed by atoms with Gasteiger partial charge in [-0.05, 0) is 44.1 Å². The van der Waals surface area contributed by atoms with Gasteiger partial charge < -0.3 is 10.6 Å². The normalized spacial score (nSPS) is 34.3. The molecule has 3 nitrogen and oxygen atoms in total. The highest BCUT2D eigenvalue weighted by Crippen LogP contribution is 2.36. The zero-order chi connectivity index (χ0) is 10.9. The summed E-state index contributed by atoms with van der Waals surface area (Å²) >= 11 is 0. The number of hydrogen-bond acceptors (Lipinski definition) is 2. The predicted octanol–water partition coefficient (Wildman–Crippen LogP) is 1.43. The predicted molar refractivity (Wildman–Crippen MR) is 60.6 cm³/mol. The first-order valence-corrected chi connectivity index (χ1v) is 6.11. The molecule has 0 bridgehead atoms. The number of carbonyl (C=O) groups excluding carboxylic acids is 1. The molecule has 1 amide bonds. The quantitative estimate of drug-likeness (QED) is 0.724. The van der Waals surface area contributed by atoms with Gasteiger partial charge in [0, 0.05) is 6.04 Å². The molecule has 0 aromatic heterocycles. The van der Waals surface area contributed by atoms with Gasteiger partial charge in [0.1, 0.15) is 0 Å². The van der Waals surface area contributed by atoms with Crippen LogP contribution >= 0.6 is 0 Å². The SMILES string of the molecule is CC1(C)CCC(NC(=O)[C@@H]2CCCN2)C1. The number of carbonyl (C=O) groups is 1. The summed E-state index contributed by atoms with van der Waals surface area (Å²) in [6.45, 7) is 5.56. The molecule has 2 rings (SSSR count). The molecule has 0 aromatic carbocycles. The van der Waals surface area contributed by atoms with Crippen LogP contribution < -0.4 is 10.6 Å². The molecule has 0 spiro atoms. The van der Waals surface area contributed by atoms with E-state index in [0.29, 0.717) is 11.5 Å². The van der Waals surface area contributed by atoms with Crippen LogP contribution in [0.5, 0.6) is 0 Å². The lowest BCUT2D eigenvalue weighted by Gasteiger charge is -2.19.